The van der Waals surface area contributed by atoms with Crippen molar-refractivity contribution in [3.63, 3.8) is 0 Å². The first-order valence-corrected chi connectivity index (χ1v) is 14.0. The molecule has 0 aliphatic carbocycles. The van der Waals surface area contributed by atoms with Crippen LogP contribution in [0.4, 0.5) is 5.69 Å². The Morgan fingerprint density at radius 1 is 0.825 bits per heavy atom. The van der Waals surface area contributed by atoms with E-state index >= 15 is 0 Å². The van der Waals surface area contributed by atoms with Crippen LogP contribution in [0.3, 0.4) is 0 Å². The van der Waals surface area contributed by atoms with Crippen LogP contribution in [0.5, 0.6) is 0 Å². The van der Waals surface area contributed by atoms with Gasteiger partial charge in [0.25, 0.3) is 5.91 Å². The topological polar surface area (TPSA) is 96.5 Å². The van der Waals surface area contributed by atoms with E-state index in [4.69, 9.17) is 0 Å². The lowest BCUT2D eigenvalue weighted by molar-refractivity contribution is 0.102. The summed E-state index contributed by atoms with van der Waals surface area (Å²) in [7, 11) is 4.32. The van der Waals surface area contributed by atoms with Crippen molar-refractivity contribution in [3.05, 3.63) is 71.9 Å². The van der Waals surface area contributed by atoms with Gasteiger partial charge in [0.05, 0.1) is 23.1 Å². The summed E-state index contributed by atoms with van der Waals surface area (Å²) in [6.07, 6.45) is 5.55. The molecule has 2 saturated heterocycles. The Balaban J connectivity index is 1.13. The number of nitrogens with zero attached hydrogens (tertiary/aromatic N) is 7. The highest BCUT2D eigenvalue weighted by Crippen LogP contribution is 2.26. The zero-order chi connectivity index (χ0) is 27.5. The van der Waals surface area contributed by atoms with Crippen molar-refractivity contribution in [2.45, 2.75) is 13.1 Å². The number of H-pyrrole nitrogens is 1. The van der Waals surface area contributed by atoms with Gasteiger partial charge in [-0.1, -0.05) is 6.07 Å². The van der Waals surface area contributed by atoms with Crippen LogP contribution in [-0.4, -0.2) is 112 Å². The number of nitrogens with one attached hydrogen (secondary N) is 2. The maximum absolute atomic E-state index is 13.2. The zero-order valence-electron chi connectivity index (χ0n) is 23.3. The van der Waals surface area contributed by atoms with E-state index in [1.165, 1.54) is 5.56 Å². The zero-order valence-corrected chi connectivity index (χ0v) is 23.3. The second-order valence-corrected chi connectivity index (χ2v) is 11.1. The third kappa shape index (κ3) is 6.20. The van der Waals surface area contributed by atoms with Crippen LogP contribution < -0.4 is 5.32 Å². The predicted octanol–water partition coefficient (Wildman–Crippen LogP) is 2.77. The summed E-state index contributed by atoms with van der Waals surface area (Å²) in [6.45, 7) is 10.3. The van der Waals surface area contributed by atoms with Crippen LogP contribution >= 0.6 is 0 Å². The van der Waals surface area contributed by atoms with E-state index in [9.17, 15) is 4.79 Å². The Morgan fingerprint density at radius 2 is 1.55 bits per heavy atom. The quantitative estimate of drug-likeness (QED) is 0.370. The van der Waals surface area contributed by atoms with Gasteiger partial charge in [-0.05, 0) is 55.6 Å². The van der Waals surface area contributed by atoms with Crippen molar-refractivity contribution in [1.29, 1.82) is 0 Å². The molecule has 0 bridgehead atoms. The Morgan fingerprint density at radius 3 is 2.25 bits per heavy atom. The summed E-state index contributed by atoms with van der Waals surface area (Å²) in [5.41, 5.74) is 6.06. The highest BCUT2D eigenvalue weighted by molar-refractivity contribution is 6.11. The fourth-order valence-corrected chi connectivity index (χ4v) is 5.38. The van der Waals surface area contributed by atoms with Gasteiger partial charge in [-0.25, -0.2) is 0 Å². The molecule has 0 saturated carbocycles. The van der Waals surface area contributed by atoms with Gasteiger partial charge in [0, 0.05) is 88.8 Å². The first-order valence-electron chi connectivity index (χ1n) is 14.0. The molecule has 208 valence electrons. The smallest absolute Gasteiger partial charge is 0.276 e. The molecule has 0 unspecified atom stereocenters. The van der Waals surface area contributed by atoms with Crippen LogP contribution in [0.2, 0.25) is 0 Å². The van der Waals surface area contributed by atoms with Crippen molar-refractivity contribution < 1.29 is 4.79 Å². The van der Waals surface area contributed by atoms with E-state index in [-0.39, 0.29) is 5.91 Å². The number of anilines is 1. The SMILES string of the molecule is CN1CCN(Cc2cncc(-c3ccc4[nH]nc(C(=O)Nc5ccc(CN6CCN(C)CC6)nc5)c4c3)c2)CC1. The molecule has 1 amide bonds. The van der Waals surface area contributed by atoms with Gasteiger partial charge in [0.1, 0.15) is 0 Å². The standard InChI is InChI=1S/C30H37N9O/c1-36-7-11-38(12-8-36)20-22-15-24(18-31-17-22)23-3-6-28-27(16-23)29(35-34-28)30(40)33-25-4-5-26(32-19-25)21-39-13-9-37(2)10-14-39/h3-6,15-19H,7-14,20-21H2,1-2H3,(H,33,40)(H,34,35). The number of carbonyl (C=O) groups excluding carboxylic acids is 1. The normalized spacial score (nSPS) is 17.9. The number of piperazine rings is 2. The number of carbonyl (C=O) groups is 1. The minimum atomic E-state index is -0.265. The molecule has 10 heteroatoms. The fourth-order valence-electron chi connectivity index (χ4n) is 5.38. The minimum Gasteiger partial charge on any atom is -0.319 e. The minimum absolute atomic E-state index is 0.265. The third-order valence-corrected chi connectivity index (χ3v) is 7.97. The van der Waals surface area contributed by atoms with Gasteiger partial charge in [0.2, 0.25) is 0 Å². The summed E-state index contributed by atoms with van der Waals surface area (Å²) in [5.74, 6) is -0.265. The molecule has 0 radical (unpaired) electrons. The molecular weight excluding hydrogens is 502 g/mol. The number of aromatic nitrogens is 4. The second kappa shape index (κ2) is 11.8. The Labute approximate surface area is 235 Å². The maximum Gasteiger partial charge on any atom is 0.276 e. The number of hydrogen-bond acceptors (Lipinski definition) is 8. The molecule has 40 heavy (non-hydrogen) atoms. The molecule has 0 spiro atoms. The average molecular weight is 540 g/mol. The van der Waals surface area contributed by atoms with Crippen molar-refractivity contribution in [1.82, 2.24) is 39.8 Å². The number of hydrogen-bond donors (Lipinski definition) is 2. The van der Waals surface area contributed by atoms with Crippen molar-refractivity contribution >= 4 is 22.5 Å². The molecular formula is C30H37N9O. The number of aromatic amines is 1. The molecule has 2 N–H and O–H groups in total. The van der Waals surface area contributed by atoms with Crippen molar-refractivity contribution in [2.24, 2.45) is 0 Å². The van der Waals surface area contributed by atoms with E-state index < -0.39 is 0 Å². The van der Waals surface area contributed by atoms with E-state index in [0.717, 1.165) is 93.2 Å². The highest BCUT2D eigenvalue weighted by Gasteiger charge is 2.18. The lowest BCUT2D eigenvalue weighted by Gasteiger charge is -2.32. The molecule has 10 nitrogen and oxygen atoms in total. The fraction of sp³-hybridized carbons (Fsp3) is 0.400. The molecule has 2 aliphatic heterocycles. The number of likely N-dealkylation sites (N-methyl/N-ethyl adjacent to an activating group) is 2. The van der Waals surface area contributed by atoms with E-state index in [1.54, 1.807) is 6.20 Å². The number of benzene rings is 1. The third-order valence-electron chi connectivity index (χ3n) is 7.97. The predicted molar refractivity (Wildman–Crippen MR) is 157 cm³/mol. The first-order chi connectivity index (χ1) is 19.5. The van der Waals surface area contributed by atoms with Crippen LogP contribution in [0.15, 0.2) is 55.0 Å². The average Bonchev–Trinajstić information content (AvgIpc) is 3.40. The lowest BCUT2D eigenvalue weighted by Crippen LogP contribution is -2.43. The largest absolute Gasteiger partial charge is 0.319 e. The Bertz CT molecular complexity index is 1450. The molecule has 5 heterocycles. The van der Waals surface area contributed by atoms with Crippen LogP contribution in [0.1, 0.15) is 21.7 Å². The van der Waals surface area contributed by atoms with Gasteiger partial charge >= 0.3 is 0 Å². The maximum atomic E-state index is 13.2. The summed E-state index contributed by atoms with van der Waals surface area (Å²) in [5, 5.41) is 11.1. The summed E-state index contributed by atoms with van der Waals surface area (Å²) in [4.78, 5) is 31.9. The molecule has 2 fully saturated rings. The van der Waals surface area contributed by atoms with E-state index in [1.807, 2.05) is 42.7 Å². The number of pyridine rings is 2. The van der Waals surface area contributed by atoms with Crippen LogP contribution in [-0.2, 0) is 13.1 Å². The number of rotatable bonds is 7. The molecule has 3 aromatic heterocycles. The number of amides is 1. The van der Waals surface area contributed by atoms with E-state index in [2.05, 4.69) is 65.2 Å². The summed E-state index contributed by atoms with van der Waals surface area (Å²) >= 11 is 0. The lowest BCUT2D eigenvalue weighted by atomic mass is 10.0. The van der Waals surface area contributed by atoms with Crippen molar-refractivity contribution in [2.75, 3.05) is 71.8 Å². The monoisotopic (exact) mass is 539 g/mol. The Kier molecular flexibility index (Phi) is 7.83. The van der Waals surface area contributed by atoms with Crippen molar-refractivity contribution in [3.8, 4) is 11.1 Å². The van der Waals surface area contributed by atoms with Gasteiger partial charge < -0.3 is 15.1 Å². The van der Waals surface area contributed by atoms with Gasteiger partial charge in [-0.3, -0.25) is 29.7 Å². The van der Waals surface area contributed by atoms with Gasteiger partial charge in [0.15, 0.2) is 5.69 Å². The molecule has 1 aromatic carbocycles. The van der Waals surface area contributed by atoms with E-state index in [0.29, 0.717) is 11.4 Å². The van der Waals surface area contributed by atoms with Crippen LogP contribution in [0.25, 0.3) is 22.0 Å². The second-order valence-electron chi connectivity index (χ2n) is 11.1. The van der Waals surface area contributed by atoms with Gasteiger partial charge in [-0.2, -0.15) is 5.10 Å². The number of fused-ring (bicyclic) bond motifs is 1. The van der Waals surface area contributed by atoms with Crippen LogP contribution in [0, 0.1) is 0 Å². The molecule has 6 rings (SSSR count). The molecule has 2 aliphatic rings. The first kappa shape index (κ1) is 26.5. The van der Waals surface area contributed by atoms with Gasteiger partial charge in [-0.15, -0.1) is 0 Å². The molecule has 0 atom stereocenters. The Hall–Kier alpha value is -3.70. The molecule has 4 aromatic rings. The highest BCUT2D eigenvalue weighted by atomic mass is 16.1. The summed E-state index contributed by atoms with van der Waals surface area (Å²) in [6, 6.07) is 12.1. The summed E-state index contributed by atoms with van der Waals surface area (Å²) < 4.78 is 0.